The number of nitrogens with zero attached hydrogens (tertiary/aromatic N) is 3. The van der Waals surface area contributed by atoms with Gasteiger partial charge in [0, 0.05) is 17.7 Å². The van der Waals surface area contributed by atoms with Gasteiger partial charge in [-0.1, -0.05) is 22.9 Å². The summed E-state index contributed by atoms with van der Waals surface area (Å²) in [5, 5.41) is 21.6. The van der Waals surface area contributed by atoms with Crippen LogP contribution in [0.1, 0.15) is 31.2 Å². The second kappa shape index (κ2) is 11.4. The third-order valence-corrected chi connectivity index (χ3v) is 8.70. The fraction of sp³-hybridized carbons (Fsp3) is 0.148. The number of carbonyl (C=O) groups excluding carboxylic acids is 1. The van der Waals surface area contributed by atoms with E-state index in [0.29, 0.717) is 29.5 Å². The van der Waals surface area contributed by atoms with Crippen molar-refractivity contribution in [2.45, 2.75) is 19.9 Å². The summed E-state index contributed by atoms with van der Waals surface area (Å²) in [6, 6.07) is 9.41. The number of esters is 1. The number of furan rings is 1. The van der Waals surface area contributed by atoms with Crippen molar-refractivity contribution in [3.05, 3.63) is 109 Å². The van der Waals surface area contributed by atoms with E-state index in [1.54, 1.807) is 44.2 Å². The van der Waals surface area contributed by atoms with Crippen LogP contribution in [0.5, 0.6) is 5.75 Å². The van der Waals surface area contributed by atoms with Gasteiger partial charge in [-0.05, 0) is 87.7 Å². The number of rotatable bonds is 6. The number of carbonyl (C=O) groups is 1. The maximum Gasteiger partial charge on any atom is 0.338 e. The molecule has 0 unspecified atom stereocenters. The molecule has 3 heterocycles. The number of thiazole rings is 1. The summed E-state index contributed by atoms with van der Waals surface area (Å²) in [6.07, 6.45) is 1.65. The van der Waals surface area contributed by atoms with Crippen LogP contribution in [-0.2, 0) is 9.53 Å². The number of ether oxygens (including phenoxy) is 1. The number of phenols is 1. The van der Waals surface area contributed by atoms with Crippen molar-refractivity contribution in [3.8, 4) is 17.1 Å². The van der Waals surface area contributed by atoms with E-state index in [4.69, 9.17) is 20.8 Å². The number of aromatic nitrogens is 1. The van der Waals surface area contributed by atoms with Gasteiger partial charge in [0.25, 0.3) is 11.2 Å². The molecule has 2 aromatic heterocycles. The normalized spacial score (nSPS) is 15.0. The lowest BCUT2D eigenvalue weighted by Gasteiger charge is -2.22. The first-order valence-electron chi connectivity index (χ1n) is 11.9. The molecule has 4 aromatic rings. The molecule has 0 radical (unpaired) electrons. The minimum absolute atomic E-state index is 0.0239. The Morgan fingerprint density at radius 2 is 1.98 bits per heavy atom. The van der Waals surface area contributed by atoms with Crippen molar-refractivity contribution < 1.29 is 24.0 Å². The van der Waals surface area contributed by atoms with Crippen LogP contribution in [0.25, 0.3) is 17.4 Å². The van der Waals surface area contributed by atoms with Crippen molar-refractivity contribution in [1.29, 1.82) is 0 Å². The lowest BCUT2D eigenvalue weighted by atomic mass is 10.0. The molecule has 0 aliphatic carbocycles. The molecule has 41 heavy (non-hydrogen) atoms. The largest absolute Gasteiger partial charge is 0.506 e. The van der Waals surface area contributed by atoms with Crippen molar-refractivity contribution in [2.75, 3.05) is 6.61 Å². The van der Waals surface area contributed by atoms with Crippen molar-refractivity contribution in [3.63, 3.8) is 0 Å². The number of allylic oxidation sites excluding steroid dienone is 1. The standard InChI is InChI=1S/C27H18Br2ClN3O7S/c1-3-39-26(36)22-12(2)31-27-32(25(35)21(41-27)10-13-8-16(28)24(34)17(29)9-13)23(22)20-7-6-19(40-20)15-11-14(33(37)38)4-5-18(15)30/h4-11,23,34H,3H2,1-2H3/b21-10-/t23-/m0/s1. The van der Waals surface area contributed by atoms with E-state index < -0.39 is 22.5 Å². The molecule has 1 N–H and O–H groups in total. The van der Waals surface area contributed by atoms with E-state index in [0.717, 1.165) is 11.3 Å². The first-order chi connectivity index (χ1) is 19.5. The van der Waals surface area contributed by atoms with Crippen LogP contribution in [0.3, 0.4) is 0 Å². The Kier molecular flexibility index (Phi) is 8.06. The van der Waals surface area contributed by atoms with E-state index in [1.807, 2.05) is 0 Å². The zero-order chi connectivity index (χ0) is 29.6. The summed E-state index contributed by atoms with van der Waals surface area (Å²) in [7, 11) is 0. The smallest absolute Gasteiger partial charge is 0.338 e. The topological polar surface area (TPSA) is 137 Å². The number of nitro groups is 1. The first kappa shape index (κ1) is 29.0. The van der Waals surface area contributed by atoms with Crippen molar-refractivity contribution >= 4 is 72.5 Å². The van der Waals surface area contributed by atoms with E-state index >= 15 is 0 Å². The van der Waals surface area contributed by atoms with Gasteiger partial charge >= 0.3 is 5.97 Å². The highest BCUT2D eigenvalue weighted by Crippen LogP contribution is 2.37. The second-order valence-electron chi connectivity index (χ2n) is 8.76. The van der Waals surface area contributed by atoms with Gasteiger partial charge in [-0.3, -0.25) is 19.5 Å². The van der Waals surface area contributed by atoms with Crippen molar-refractivity contribution in [1.82, 2.24) is 4.57 Å². The highest BCUT2D eigenvalue weighted by molar-refractivity contribution is 9.11. The van der Waals surface area contributed by atoms with Crippen molar-refractivity contribution in [2.24, 2.45) is 4.99 Å². The third-order valence-electron chi connectivity index (χ3n) is 6.18. The monoisotopic (exact) mass is 721 g/mol. The van der Waals surface area contributed by atoms with Crippen LogP contribution in [0, 0.1) is 10.1 Å². The molecule has 0 saturated carbocycles. The Hall–Kier alpha value is -3.52. The molecule has 1 atom stereocenters. The first-order valence-corrected chi connectivity index (χ1v) is 14.7. The lowest BCUT2D eigenvalue weighted by molar-refractivity contribution is -0.384. The van der Waals surface area contributed by atoms with E-state index in [1.165, 1.54) is 22.8 Å². The Morgan fingerprint density at radius 1 is 1.27 bits per heavy atom. The number of benzene rings is 2. The minimum Gasteiger partial charge on any atom is -0.506 e. The van der Waals surface area contributed by atoms with E-state index in [2.05, 4.69) is 36.9 Å². The SMILES string of the molecule is CCOC(=O)C1=C(C)N=c2s/c(=C\c3cc(Br)c(O)c(Br)c3)c(=O)n2[C@H]1c1ccc(-c2cc([N+](=O)[O-])ccc2Cl)o1. The fourth-order valence-electron chi connectivity index (χ4n) is 4.34. The van der Waals surface area contributed by atoms with Crippen LogP contribution >= 0.6 is 54.8 Å². The maximum atomic E-state index is 13.8. The minimum atomic E-state index is -1.03. The molecule has 0 amide bonds. The van der Waals surface area contributed by atoms with Gasteiger partial charge in [0.2, 0.25) is 0 Å². The summed E-state index contributed by atoms with van der Waals surface area (Å²) >= 11 is 14.0. The number of non-ortho nitro benzene ring substituents is 1. The predicted octanol–water partition coefficient (Wildman–Crippen LogP) is 5.85. The number of phenolic OH excluding ortho intramolecular Hbond substituents is 1. The van der Waals surface area contributed by atoms with E-state index in [9.17, 15) is 24.8 Å². The van der Waals surface area contributed by atoms with Crippen LogP contribution in [0.4, 0.5) is 5.69 Å². The summed E-state index contributed by atoms with van der Waals surface area (Å²) in [5.74, 6) is -0.211. The molecular weight excluding hydrogens is 706 g/mol. The Balaban J connectivity index is 1.70. The lowest BCUT2D eigenvalue weighted by Crippen LogP contribution is -2.39. The van der Waals surface area contributed by atoms with Gasteiger partial charge in [-0.2, -0.15) is 0 Å². The molecule has 0 spiro atoms. The third kappa shape index (κ3) is 5.42. The Labute approximate surface area is 257 Å². The molecule has 14 heteroatoms. The van der Waals surface area contributed by atoms with Gasteiger partial charge in [-0.15, -0.1) is 0 Å². The Morgan fingerprint density at radius 3 is 2.63 bits per heavy atom. The maximum absolute atomic E-state index is 13.8. The predicted molar refractivity (Wildman–Crippen MR) is 160 cm³/mol. The fourth-order valence-corrected chi connectivity index (χ4v) is 6.82. The van der Waals surface area contributed by atoms with Gasteiger partial charge in [-0.25, -0.2) is 9.79 Å². The number of nitro benzene ring substituents is 1. The average Bonchev–Trinajstić information content (AvgIpc) is 3.51. The molecule has 0 saturated heterocycles. The highest BCUT2D eigenvalue weighted by atomic mass is 79.9. The molecule has 5 rings (SSSR count). The number of halogens is 3. The number of hydrogen-bond donors (Lipinski definition) is 1. The zero-order valence-electron chi connectivity index (χ0n) is 21.2. The number of aromatic hydroxyl groups is 1. The van der Waals surface area contributed by atoms with Crippen LogP contribution in [0.2, 0.25) is 5.02 Å². The van der Waals surface area contributed by atoms with Gasteiger partial charge in [0.15, 0.2) is 4.80 Å². The summed E-state index contributed by atoms with van der Waals surface area (Å²) in [4.78, 5) is 42.6. The second-order valence-corrected chi connectivity index (χ2v) is 11.9. The molecule has 1 aliphatic rings. The zero-order valence-corrected chi connectivity index (χ0v) is 25.9. The quantitative estimate of drug-likeness (QED) is 0.150. The highest BCUT2D eigenvalue weighted by Gasteiger charge is 2.35. The summed E-state index contributed by atoms with van der Waals surface area (Å²) < 4.78 is 14.0. The van der Waals surface area contributed by atoms with Gasteiger partial charge < -0.3 is 14.3 Å². The molecule has 210 valence electrons. The van der Waals surface area contributed by atoms with Crippen LogP contribution < -0.4 is 14.9 Å². The molecule has 0 fully saturated rings. The van der Waals surface area contributed by atoms with Gasteiger partial charge in [0.1, 0.15) is 23.3 Å². The number of fused-ring (bicyclic) bond motifs is 1. The molecular formula is C27H18Br2ClN3O7S. The molecule has 2 aromatic carbocycles. The molecule has 10 nitrogen and oxygen atoms in total. The summed E-state index contributed by atoms with van der Waals surface area (Å²) in [6.45, 7) is 3.41. The molecule has 1 aliphatic heterocycles. The van der Waals surface area contributed by atoms with Gasteiger partial charge in [0.05, 0.1) is 41.3 Å². The Bertz CT molecular complexity index is 1940. The summed E-state index contributed by atoms with van der Waals surface area (Å²) in [5.41, 5.74) is 0.770. The van der Waals surface area contributed by atoms with Crippen LogP contribution in [0.15, 0.2) is 76.9 Å². The molecule has 0 bridgehead atoms. The van der Waals surface area contributed by atoms with E-state index in [-0.39, 0.29) is 45.7 Å². The van der Waals surface area contributed by atoms with Crippen LogP contribution in [-0.4, -0.2) is 27.2 Å². The number of hydrogen-bond acceptors (Lipinski definition) is 9. The average molecular weight is 724 g/mol.